The molecule has 0 radical (unpaired) electrons. The number of hydrogen-bond acceptors (Lipinski definition) is 3. The van der Waals surface area contributed by atoms with Gasteiger partial charge < -0.3 is 10.1 Å². The first kappa shape index (κ1) is 14.1. The van der Waals surface area contributed by atoms with E-state index in [1.54, 1.807) is 11.3 Å². The van der Waals surface area contributed by atoms with Gasteiger partial charge in [-0.25, -0.2) is 0 Å². The summed E-state index contributed by atoms with van der Waals surface area (Å²) in [5.41, 5.74) is 1.27. The summed E-state index contributed by atoms with van der Waals surface area (Å²) in [6, 6.07) is 13.0. The van der Waals surface area contributed by atoms with Crippen molar-refractivity contribution in [2.75, 3.05) is 7.05 Å². The minimum atomic E-state index is 0.209. The van der Waals surface area contributed by atoms with Crippen molar-refractivity contribution < 1.29 is 4.74 Å². The maximum absolute atomic E-state index is 5.76. The van der Waals surface area contributed by atoms with E-state index in [1.165, 1.54) is 10.4 Å². The minimum Gasteiger partial charge on any atom is -0.491 e. The zero-order valence-corrected chi connectivity index (χ0v) is 12.5. The second-order valence-corrected chi connectivity index (χ2v) is 5.90. The third kappa shape index (κ3) is 4.08. The summed E-state index contributed by atoms with van der Waals surface area (Å²) in [5, 5.41) is 5.51. The van der Waals surface area contributed by atoms with Gasteiger partial charge in [-0.15, -0.1) is 11.3 Å². The van der Waals surface area contributed by atoms with Crippen molar-refractivity contribution in [2.24, 2.45) is 0 Å². The molecular formula is C16H21NOS. The van der Waals surface area contributed by atoms with Gasteiger partial charge in [-0.2, -0.15) is 0 Å². The van der Waals surface area contributed by atoms with Crippen molar-refractivity contribution in [3.05, 3.63) is 52.2 Å². The summed E-state index contributed by atoms with van der Waals surface area (Å²) in [6.45, 7) is 4.10. The molecule has 1 aromatic heterocycles. The highest BCUT2D eigenvalue weighted by Crippen LogP contribution is 2.24. The zero-order chi connectivity index (χ0) is 13.7. The summed E-state index contributed by atoms with van der Waals surface area (Å²) >= 11 is 1.80. The fraction of sp³-hybridized carbons (Fsp3) is 0.375. The smallest absolute Gasteiger partial charge is 0.120 e. The number of ether oxygens (including phenoxy) is 1. The van der Waals surface area contributed by atoms with Crippen LogP contribution in [0.25, 0.3) is 0 Å². The van der Waals surface area contributed by atoms with E-state index in [1.807, 2.05) is 27.0 Å². The Labute approximate surface area is 119 Å². The third-order valence-corrected chi connectivity index (χ3v) is 3.86. The topological polar surface area (TPSA) is 21.3 Å². The number of hydrogen-bond donors (Lipinski definition) is 1. The van der Waals surface area contributed by atoms with Crippen LogP contribution in [0.3, 0.4) is 0 Å². The number of nitrogens with one attached hydrogen (secondary N) is 1. The quantitative estimate of drug-likeness (QED) is 0.859. The normalized spacial score (nSPS) is 12.6. The Hall–Kier alpha value is -1.32. The van der Waals surface area contributed by atoms with Gasteiger partial charge >= 0.3 is 0 Å². The number of likely N-dealkylation sites (N-methyl/N-ethyl adjacent to an activating group) is 1. The van der Waals surface area contributed by atoms with Gasteiger partial charge in [0.2, 0.25) is 0 Å². The van der Waals surface area contributed by atoms with Gasteiger partial charge in [0, 0.05) is 17.3 Å². The standard InChI is InChI=1S/C16H21NOS/c1-12(2)18-14-7-4-6-13(10-14)16(17-3)11-15-8-5-9-19-15/h4-10,12,16-17H,11H2,1-3H3. The van der Waals surface area contributed by atoms with Gasteiger partial charge in [-0.05, 0) is 50.0 Å². The second-order valence-electron chi connectivity index (χ2n) is 4.86. The molecule has 0 aliphatic carbocycles. The fourth-order valence-corrected chi connectivity index (χ4v) is 2.85. The summed E-state index contributed by atoms with van der Waals surface area (Å²) < 4.78 is 5.76. The van der Waals surface area contributed by atoms with Crippen molar-refractivity contribution in [3.63, 3.8) is 0 Å². The molecule has 0 saturated heterocycles. The average Bonchev–Trinajstić information content (AvgIpc) is 2.88. The van der Waals surface area contributed by atoms with Crippen LogP contribution in [0.4, 0.5) is 0 Å². The maximum Gasteiger partial charge on any atom is 0.120 e. The molecule has 0 aliphatic heterocycles. The predicted octanol–water partition coefficient (Wildman–Crippen LogP) is 4.04. The molecule has 0 bridgehead atoms. The van der Waals surface area contributed by atoms with Crippen LogP contribution in [-0.4, -0.2) is 13.2 Å². The largest absolute Gasteiger partial charge is 0.491 e. The molecule has 1 N–H and O–H groups in total. The van der Waals surface area contributed by atoms with Crippen molar-refractivity contribution in [2.45, 2.75) is 32.4 Å². The molecule has 1 unspecified atom stereocenters. The summed E-state index contributed by atoms with van der Waals surface area (Å²) in [7, 11) is 2.01. The minimum absolute atomic E-state index is 0.209. The molecule has 2 nitrogen and oxygen atoms in total. The lowest BCUT2D eigenvalue weighted by Crippen LogP contribution is -2.18. The fourth-order valence-electron chi connectivity index (χ4n) is 2.09. The molecule has 0 aliphatic rings. The molecule has 0 spiro atoms. The molecule has 3 heteroatoms. The van der Waals surface area contributed by atoms with E-state index >= 15 is 0 Å². The van der Waals surface area contributed by atoms with E-state index in [4.69, 9.17) is 4.74 Å². The number of rotatable bonds is 6. The average molecular weight is 275 g/mol. The second kappa shape index (κ2) is 6.73. The Balaban J connectivity index is 2.13. The molecule has 1 aromatic carbocycles. The molecule has 0 amide bonds. The van der Waals surface area contributed by atoms with Crippen LogP contribution in [0.15, 0.2) is 41.8 Å². The van der Waals surface area contributed by atoms with Crippen LogP contribution >= 0.6 is 11.3 Å². The zero-order valence-electron chi connectivity index (χ0n) is 11.7. The van der Waals surface area contributed by atoms with E-state index < -0.39 is 0 Å². The van der Waals surface area contributed by atoms with E-state index in [2.05, 4.69) is 41.0 Å². The summed E-state index contributed by atoms with van der Waals surface area (Å²) in [5.74, 6) is 0.943. The Kier molecular flexibility index (Phi) is 5.00. The maximum atomic E-state index is 5.76. The van der Waals surface area contributed by atoms with Gasteiger partial charge in [0.05, 0.1) is 6.10 Å². The molecule has 2 aromatic rings. The van der Waals surface area contributed by atoms with Crippen molar-refractivity contribution in [1.82, 2.24) is 5.32 Å². The van der Waals surface area contributed by atoms with Crippen LogP contribution in [-0.2, 0) is 6.42 Å². The Morgan fingerprint density at radius 1 is 1.21 bits per heavy atom. The molecule has 0 fully saturated rings. The first-order chi connectivity index (χ1) is 9.19. The Morgan fingerprint density at radius 2 is 2.05 bits per heavy atom. The van der Waals surface area contributed by atoms with Crippen LogP contribution in [0.5, 0.6) is 5.75 Å². The van der Waals surface area contributed by atoms with Crippen molar-refractivity contribution in [3.8, 4) is 5.75 Å². The first-order valence-corrected chi connectivity index (χ1v) is 7.53. The summed E-state index contributed by atoms with van der Waals surface area (Å²) in [4.78, 5) is 1.40. The predicted molar refractivity (Wildman–Crippen MR) is 82.0 cm³/mol. The lowest BCUT2D eigenvalue weighted by Gasteiger charge is -2.18. The molecule has 0 saturated carbocycles. The van der Waals surface area contributed by atoms with E-state index in [0.29, 0.717) is 6.04 Å². The van der Waals surface area contributed by atoms with E-state index in [9.17, 15) is 0 Å². The molecule has 19 heavy (non-hydrogen) atoms. The Bertz CT molecular complexity index is 493. The molecular weight excluding hydrogens is 254 g/mol. The van der Waals surface area contributed by atoms with Gasteiger partial charge in [0.15, 0.2) is 0 Å². The monoisotopic (exact) mass is 275 g/mol. The number of thiophene rings is 1. The van der Waals surface area contributed by atoms with Crippen LogP contribution in [0, 0.1) is 0 Å². The van der Waals surface area contributed by atoms with Crippen LogP contribution < -0.4 is 10.1 Å². The lowest BCUT2D eigenvalue weighted by molar-refractivity contribution is 0.242. The van der Waals surface area contributed by atoms with E-state index in [0.717, 1.165) is 12.2 Å². The Morgan fingerprint density at radius 3 is 2.68 bits per heavy atom. The molecule has 2 rings (SSSR count). The van der Waals surface area contributed by atoms with Crippen molar-refractivity contribution >= 4 is 11.3 Å². The molecule has 1 atom stereocenters. The van der Waals surface area contributed by atoms with E-state index in [-0.39, 0.29) is 6.10 Å². The first-order valence-electron chi connectivity index (χ1n) is 6.65. The summed E-state index contributed by atoms with van der Waals surface area (Å²) in [6.07, 6.45) is 1.22. The number of benzene rings is 1. The molecule has 102 valence electrons. The van der Waals surface area contributed by atoms with Crippen LogP contribution in [0.1, 0.15) is 30.3 Å². The van der Waals surface area contributed by atoms with Gasteiger partial charge in [-0.1, -0.05) is 18.2 Å². The lowest BCUT2D eigenvalue weighted by atomic mass is 10.0. The highest BCUT2D eigenvalue weighted by atomic mass is 32.1. The molecule has 1 heterocycles. The van der Waals surface area contributed by atoms with Gasteiger partial charge in [0.1, 0.15) is 5.75 Å². The van der Waals surface area contributed by atoms with Gasteiger partial charge in [-0.3, -0.25) is 0 Å². The highest BCUT2D eigenvalue weighted by Gasteiger charge is 2.11. The van der Waals surface area contributed by atoms with Gasteiger partial charge in [0.25, 0.3) is 0 Å². The van der Waals surface area contributed by atoms with Crippen molar-refractivity contribution in [1.29, 1.82) is 0 Å². The third-order valence-electron chi connectivity index (χ3n) is 2.97. The van der Waals surface area contributed by atoms with Crippen LogP contribution in [0.2, 0.25) is 0 Å². The SMILES string of the molecule is CNC(Cc1cccs1)c1cccc(OC(C)C)c1. The highest BCUT2D eigenvalue weighted by molar-refractivity contribution is 7.09.